The van der Waals surface area contributed by atoms with Crippen LogP contribution in [0.1, 0.15) is 19.4 Å². The van der Waals surface area contributed by atoms with Gasteiger partial charge in [0.25, 0.3) is 0 Å². The molecule has 1 N–H and O–H groups in total. The van der Waals surface area contributed by atoms with E-state index in [1.165, 1.54) is 17.0 Å². The summed E-state index contributed by atoms with van der Waals surface area (Å²) in [5.41, 5.74) is 0.382. The fraction of sp³-hybridized carbons (Fsp3) is 0.538. The van der Waals surface area contributed by atoms with Crippen molar-refractivity contribution in [1.29, 1.82) is 0 Å². The fourth-order valence-corrected chi connectivity index (χ4v) is 1.97. The Morgan fingerprint density at radius 1 is 1.25 bits per heavy atom. The predicted octanol–water partition coefficient (Wildman–Crippen LogP) is 2.89. The smallest absolute Gasteiger partial charge is 0.401 e. The highest BCUT2D eigenvalue weighted by atomic mass is 19.4. The van der Waals surface area contributed by atoms with Crippen LogP contribution in [0.5, 0.6) is 17.2 Å². The molecule has 0 saturated carbocycles. The standard InChI is InChI=1S/C13H16F3NO3/c1-8(2)17(6-13(14,15)16)5-9-3-11-12(4-10(9)18)20-7-19-11/h3-4,8,18H,5-7H2,1-2H3. The van der Waals surface area contributed by atoms with Crippen LogP contribution in [-0.2, 0) is 6.54 Å². The fourth-order valence-electron chi connectivity index (χ4n) is 1.97. The highest BCUT2D eigenvalue weighted by Crippen LogP contribution is 2.38. The van der Waals surface area contributed by atoms with Crippen LogP contribution in [0.3, 0.4) is 0 Å². The highest BCUT2D eigenvalue weighted by Gasteiger charge is 2.32. The van der Waals surface area contributed by atoms with E-state index in [1.807, 2.05) is 0 Å². The molecule has 0 spiro atoms. The molecule has 112 valence electrons. The van der Waals surface area contributed by atoms with Crippen LogP contribution in [0.2, 0.25) is 0 Å². The lowest BCUT2D eigenvalue weighted by atomic mass is 10.1. The molecule has 1 aromatic rings. The molecule has 0 saturated heterocycles. The van der Waals surface area contributed by atoms with Gasteiger partial charge in [0.15, 0.2) is 11.5 Å². The van der Waals surface area contributed by atoms with Crippen LogP contribution in [-0.4, -0.2) is 35.6 Å². The van der Waals surface area contributed by atoms with Crippen LogP contribution in [0, 0.1) is 0 Å². The summed E-state index contributed by atoms with van der Waals surface area (Å²) in [6, 6.07) is 2.58. The molecule has 0 fully saturated rings. The molecular formula is C13H16F3NO3. The van der Waals surface area contributed by atoms with Gasteiger partial charge in [-0.2, -0.15) is 13.2 Å². The third kappa shape index (κ3) is 3.47. The topological polar surface area (TPSA) is 41.9 Å². The number of fused-ring (bicyclic) bond motifs is 1. The first kappa shape index (κ1) is 14.8. The number of phenolic OH excluding ortho intramolecular Hbond substituents is 1. The molecule has 7 heteroatoms. The largest absolute Gasteiger partial charge is 0.507 e. The second kappa shape index (κ2) is 5.40. The zero-order valence-corrected chi connectivity index (χ0v) is 11.2. The summed E-state index contributed by atoms with van der Waals surface area (Å²) in [5.74, 6) is 0.744. The van der Waals surface area contributed by atoms with Crippen molar-refractivity contribution in [1.82, 2.24) is 4.90 Å². The zero-order chi connectivity index (χ0) is 14.9. The van der Waals surface area contributed by atoms with Gasteiger partial charge in [-0.25, -0.2) is 0 Å². The number of alkyl halides is 3. The van der Waals surface area contributed by atoms with Crippen LogP contribution in [0.4, 0.5) is 13.2 Å². The molecule has 2 rings (SSSR count). The molecule has 0 aliphatic carbocycles. The zero-order valence-electron chi connectivity index (χ0n) is 11.2. The Bertz CT molecular complexity index is 488. The molecule has 1 heterocycles. The van der Waals surface area contributed by atoms with Crippen molar-refractivity contribution in [3.8, 4) is 17.2 Å². The van der Waals surface area contributed by atoms with E-state index < -0.39 is 12.7 Å². The van der Waals surface area contributed by atoms with Gasteiger partial charge >= 0.3 is 6.18 Å². The number of ether oxygens (including phenoxy) is 2. The van der Waals surface area contributed by atoms with Gasteiger partial charge in [-0.05, 0) is 19.9 Å². The number of benzene rings is 1. The Morgan fingerprint density at radius 2 is 1.85 bits per heavy atom. The molecule has 1 aliphatic rings. The van der Waals surface area contributed by atoms with Crippen LogP contribution in [0.15, 0.2) is 12.1 Å². The number of halogens is 3. The Labute approximate surface area is 114 Å². The van der Waals surface area contributed by atoms with Gasteiger partial charge in [0.05, 0.1) is 6.54 Å². The molecule has 0 bridgehead atoms. The second-order valence-electron chi connectivity index (χ2n) is 4.95. The second-order valence-corrected chi connectivity index (χ2v) is 4.95. The molecule has 1 aromatic carbocycles. The minimum atomic E-state index is -4.28. The Kier molecular flexibility index (Phi) is 3.99. The van der Waals surface area contributed by atoms with E-state index in [4.69, 9.17) is 9.47 Å². The Hall–Kier alpha value is -1.63. The minimum Gasteiger partial charge on any atom is -0.507 e. The minimum absolute atomic E-state index is 0.0142. The van der Waals surface area contributed by atoms with Crippen LogP contribution in [0.25, 0.3) is 0 Å². The third-order valence-corrected chi connectivity index (χ3v) is 3.06. The molecule has 0 amide bonds. The van der Waals surface area contributed by atoms with E-state index in [-0.39, 0.29) is 25.1 Å². The first-order valence-electron chi connectivity index (χ1n) is 6.18. The van der Waals surface area contributed by atoms with Crippen molar-refractivity contribution < 1.29 is 27.8 Å². The van der Waals surface area contributed by atoms with Gasteiger partial charge in [-0.15, -0.1) is 0 Å². The van der Waals surface area contributed by atoms with Gasteiger partial charge in [-0.1, -0.05) is 0 Å². The lowest BCUT2D eigenvalue weighted by Gasteiger charge is -2.27. The van der Waals surface area contributed by atoms with E-state index in [2.05, 4.69) is 0 Å². The van der Waals surface area contributed by atoms with Crippen molar-refractivity contribution in [3.63, 3.8) is 0 Å². The van der Waals surface area contributed by atoms with E-state index in [0.717, 1.165) is 0 Å². The van der Waals surface area contributed by atoms with Crippen LogP contribution >= 0.6 is 0 Å². The van der Waals surface area contributed by atoms with Crippen molar-refractivity contribution in [2.75, 3.05) is 13.3 Å². The maximum Gasteiger partial charge on any atom is 0.401 e. The average molecular weight is 291 g/mol. The predicted molar refractivity (Wildman–Crippen MR) is 65.8 cm³/mol. The molecule has 0 unspecified atom stereocenters. The van der Waals surface area contributed by atoms with Crippen molar-refractivity contribution >= 4 is 0 Å². The molecule has 0 radical (unpaired) electrons. The van der Waals surface area contributed by atoms with E-state index in [0.29, 0.717) is 17.1 Å². The quantitative estimate of drug-likeness (QED) is 0.926. The molecule has 0 atom stereocenters. The summed E-state index contributed by atoms with van der Waals surface area (Å²) in [7, 11) is 0. The summed E-state index contributed by atoms with van der Waals surface area (Å²) < 4.78 is 47.9. The summed E-state index contributed by atoms with van der Waals surface area (Å²) in [4.78, 5) is 1.23. The maximum absolute atomic E-state index is 12.5. The number of hydrogen-bond acceptors (Lipinski definition) is 4. The molecule has 1 aliphatic heterocycles. The van der Waals surface area contributed by atoms with Crippen molar-refractivity contribution in [2.45, 2.75) is 32.6 Å². The van der Waals surface area contributed by atoms with E-state index in [1.54, 1.807) is 13.8 Å². The first-order chi connectivity index (χ1) is 9.26. The van der Waals surface area contributed by atoms with Crippen LogP contribution < -0.4 is 9.47 Å². The number of phenols is 1. The summed E-state index contributed by atoms with van der Waals surface area (Å²) in [6.45, 7) is 2.36. The van der Waals surface area contributed by atoms with Gasteiger partial charge in [0, 0.05) is 24.2 Å². The SMILES string of the molecule is CC(C)N(Cc1cc2c(cc1O)OCO2)CC(F)(F)F. The lowest BCUT2D eigenvalue weighted by molar-refractivity contribution is -0.150. The number of hydrogen-bond donors (Lipinski definition) is 1. The summed E-state index contributed by atoms with van der Waals surface area (Å²) >= 11 is 0. The summed E-state index contributed by atoms with van der Waals surface area (Å²) in [5, 5.41) is 9.86. The average Bonchev–Trinajstić information content (AvgIpc) is 2.73. The highest BCUT2D eigenvalue weighted by molar-refractivity contribution is 5.51. The molecule has 4 nitrogen and oxygen atoms in total. The monoisotopic (exact) mass is 291 g/mol. The first-order valence-corrected chi connectivity index (χ1v) is 6.18. The number of nitrogens with zero attached hydrogens (tertiary/aromatic N) is 1. The van der Waals surface area contributed by atoms with Gasteiger partial charge in [0.2, 0.25) is 6.79 Å². The normalized spacial score (nSPS) is 14.3. The molecule has 20 heavy (non-hydrogen) atoms. The van der Waals surface area contributed by atoms with E-state index in [9.17, 15) is 18.3 Å². The number of rotatable bonds is 4. The molecule has 0 aromatic heterocycles. The van der Waals surface area contributed by atoms with Gasteiger partial charge in [-0.3, -0.25) is 4.90 Å². The van der Waals surface area contributed by atoms with Gasteiger partial charge in [0.1, 0.15) is 5.75 Å². The van der Waals surface area contributed by atoms with Gasteiger partial charge < -0.3 is 14.6 Å². The third-order valence-electron chi connectivity index (χ3n) is 3.06. The Balaban J connectivity index is 2.18. The van der Waals surface area contributed by atoms with Crippen molar-refractivity contribution in [2.24, 2.45) is 0 Å². The number of aromatic hydroxyl groups is 1. The van der Waals surface area contributed by atoms with E-state index >= 15 is 0 Å². The Morgan fingerprint density at radius 3 is 2.40 bits per heavy atom. The lowest BCUT2D eigenvalue weighted by Crippen LogP contribution is -2.38. The summed E-state index contributed by atoms with van der Waals surface area (Å²) in [6.07, 6.45) is -4.28. The maximum atomic E-state index is 12.5. The van der Waals surface area contributed by atoms with Crippen molar-refractivity contribution in [3.05, 3.63) is 17.7 Å². The molecular weight excluding hydrogens is 275 g/mol.